The number of amides is 2. The second-order valence-electron chi connectivity index (χ2n) is 6.62. The zero-order chi connectivity index (χ0) is 21.3. The van der Waals surface area contributed by atoms with Crippen molar-refractivity contribution in [2.24, 2.45) is 0 Å². The average molecular weight is 444 g/mol. The maximum atomic E-state index is 13.0. The standard InChI is InChI=1S/C23H23Cl2N3O2/c1-2-30-21-10-8-19(9-11-21)27-23(29)28(16-20-5-3-4-13-26-20)14-12-17-6-7-18(24)15-22(17)25/h3-11,13,15H,2,12,14,16H2,1H3,(H,27,29). The first-order valence-electron chi connectivity index (χ1n) is 9.68. The first-order chi connectivity index (χ1) is 14.5. The number of hydrogen-bond acceptors (Lipinski definition) is 3. The van der Waals surface area contributed by atoms with Crippen molar-refractivity contribution in [1.29, 1.82) is 0 Å². The number of anilines is 1. The van der Waals surface area contributed by atoms with E-state index in [4.69, 9.17) is 27.9 Å². The van der Waals surface area contributed by atoms with Crippen molar-refractivity contribution in [2.75, 3.05) is 18.5 Å². The minimum atomic E-state index is -0.213. The highest BCUT2D eigenvalue weighted by molar-refractivity contribution is 6.35. The van der Waals surface area contributed by atoms with Crippen LogP contribution in [-0.4, -0.2) is 29.1 Å². The number of urea groups is 1. The summed E-state index contributed by atoms with van der Waals surface area (Å²) < 4.78 is 5.45. The van der Waals surface area contributed by atoms with Crippen LogP contribution >= 0.6 is 23.2 Å². The highest BCUT2D eigenvalue weighted by atomic mass is 35.5. The van der Waals surface area contributed by atoms with Crippen LogP contribution in [-0.2, 0) is 13.0 Å². The number of halogens is 2. The molecule has 0 spiro atoms. The van der Waals surface area contributed by atoms with Gasteiger partial charge in [-0.2, -0.15) is 0 Å². The normalized spacial score (nSPS) is 10.5. The van der Waals surface area contributed by atoms with Gasteiger partial charge in [-0.1, -0.05) is 35.3 Å². The SMILES string of the molecule is CCOc1ccc(NC(=O)N(CCc2ccc(Cl)cc2Cl)Cc2ccccn2)cc1. The summed E-state index contributed by atoms with van der Waals surface area (Å²) in [7, 11) is 0. The number of aromatic nitrogens is 1. The van der Waals surface area contributed by atoms with Gasteiger partial charge in [-0.3, -0.25) is 4.98 Å². The maximum absolute atomic E-state index is 13.0. The number of carbonyl (C=O) groups is 1. The Balaban J connectivity index is 1.71. The Bertz CT molecular complexity index is 966. The lowest BCUT2D eigenvalue weighted by atomic mass is 10.1. The third kappa shape index (κ3) is 6.37. The van der Waals surface area contributed by atoms with E-state index in [0.29, 0.717) is 41.8 Å². The van der Waals surface area contributed by atoms with Gasteiger partial charge in [0.1, 0.15) is 5.75 Å². The third-order valence-corrected chi connectivity index (χ3v) is 5.04. The van der Waals surface area contributed by atoms with Gasteiger partial charge in [0.2, 0.25) is 0 Å². The summed E-state index contributed by atoms with van der Waals surface area (Å²) in [5.41, 5.74) is 2.43. The van der Waals surface area contributed by atoms with Crippen molar-refractivity contribution < 1.29 is 9.53 Å². The van der Waals surface area contributed by atoms with E-state index in [1.54, 1.807) is 23.2 Å². The second kappa shape index (κ2) is 10.9. The number of hydrogen-bond donors (Lipinski definition) is 1. The van der Waals surface area contributed by atoms with Crippen LogP contribution in [0.5, 0.6) is 5.75 Å². The lowest BCUT2D eigenvalue weighted by Crippen LogP contribution is -2.36. The zero-order valence-corrected chi connectivity index (χ0v) is 18.2. The van der Waals surface area contributed by atoms with Crippen LogP contribution in [0.1, 0.15) is 18.2 Å². The summed E-state index contributed by atoms with van der Waals surface area (Å²) in [5.74, 6) is 0.762. The zero-order valence-electron chi connectivity index (χ0n) is 16.6. The number of rotatable bonds is 8. The van der Waals surface area contributed by atoms with Gasteiger partial charge in [0.25, 0.3) is 0 Å². The van der Waals surface area contributed by atoms with Crippen LogP contribution in [0.25, 0.3) is 0 Å². The molecule has 7 heteroatoms. The molecule has 0 fully saturated rings. The number of nitrogens with zero attached hydrogens (tertiary/aromatic N) is 2. The van der Waals surface area contributed by atoms with Crippen molar-refractivity contribution >= 4 is 34.9 Å². The molecule has 0 saturated heterocycles. The lowest BCUT2D eigenvalue weighted by Gasteiger charge is -2.23. The van der Waals surface area contributed by atoms with E-state index in [0.717, 1.165) is 17.0 Å². The molecular formula is C23H23Cl2N3O2. The van der Waals surface area contributed by atoms with Gasteiger partial charge < -0.3 is 15.0 Å². The van der Waals surface area contributed by atoms with Crippen LogP contribution in [0, 0.1) is 0 Å². The summed E-state index contributed by atoms with van der Waals surface area (Å²) >= 11 is 12.3. The molecule has 0 bridgehead atoms. The molecule has 1 N–H and O–H groups in total. The van der Waals surface area contributed by atoms with Crippen LogP contribution < -0.4 is 10.1 Å². The largest absolute Gasteiger partial charge is 0.494 e. The van der Waals surface area contributed by atoms with Crippen molar-refractivity contribution in [2.45, 2.75) is 19.9 Å². The minimum absolute atomic E-state index is 0.213. The molecule has 0 atom stereocenters. The average Bonchev–Trinajstić information content (AvgIpc) is 2.74. The lowest BCUT2D eigenvalue weighted by molar-refractivity contribution is 0.209. The molecule has 0 unspecified atom stereocenters. The predicted molar refractivity (Wildman–Crippen MR) is 121 cm³/mol. The molecule has 2 aromatic carbocycles. The minimum Gasteiger partial charge on any atom is -0.494 e. The summed E-state index contributed by atoms with van der Waals surface area (Å²) in [4.78, 5) is 19.0. The van der Waals surface area contributed by atoms with Crippen LogP contribution in [0.15, 0.2) is 66.9 Å². The number of benzene rings is 2. The molecule has 0 aliphatic carbocycles. The molecule has 0 aliphatic heterocycles. The van der Waals surface area contributed by atoms with E-state index in [2.05, 4.69) is 10.3 Å². The molecule has 30 heavy (non-hydrogen) atoms. The van der Waals surface area contributed by atoms with E-state index in [1.807, 2.05) is 55.5 Å². The molecule has 0 aliphatic rings. The predicted octanol–water partition coefficient (Wildman–Crippen LogP) is 6.06. The number of pyridine rings is 1. The van der Waals surface area contributed by atoms with E-state index in [-0.39, 0.29) is 6.03 Å². The van der Waals surface area contributed by atoms with Crippen LogP contribution in [0.4, 0.5) is 10.5 Å². The number of nitrogens with one attached hydrogen (secondary N) is 1. The quantitative estimate of drug-likeness (QED) is 0.459. The first-order valence-corrected chi connectivity index (χ1v) is 10.4. The fraction of sp³-hybridized carbons (Fsp3) is 0.217. The molecule has 1 aromatic heterocycles. The fourth-order valence-electron chi connectivity index (χ4n) is 2.92. The molecule has 156 valence electrons. The molecule has 1 heterocycles. The van der Waals surface area contributed by atoms with Gasteiger partial charge in [0.05, 0.1) is 18.8 Å². The van der Waals surface area contributed by atoms with Gasteiger partial charge in [-0.15, -0.1) is 0 Å². The smallest absolute Gasteiger partial charge is 0.322 e. The van der Waals surface area contributed by atoms with Gasteiger partial charge in [-0.05, 0) is 67.4 Å². The molecule has 0 radical (unpaired) electrons. The Kier molecular flexibility index (Phi) is 7.94. The number of ether oxygens (including phenoxy) is 1. The van der Waals surface area contributed by atoms with Gasteiger partial charge in [-0.25, -0.2) is 4.79 Å². The molecule has 3 rings (SSSR count). The van der Waals surface area contributed by atoms with Crippen molar-refractivity contribution in [1.82, 2.24) is 9.88 Å². The van der Waals surface area contributed by atoms with E-state index >= 15 is 0 Å². The molecule has 3 aromatic rings. The van der Waals surface area contributed by atoms with Crippen molar-refractivity contribution in [3.05, 3.63) is 88.2 Å². The molecule has 5 nitrogen and oxygen atoms in total. The summed E-state index contributed by atoms with van der Waals surface area (Å²) in [6.45, 7) is 3.38. The highest BCUT2D eigenvalue weighted by Gasteiger charge is 2.16. The second-order valence-corrected chi connectivity index (χ2v) is 7.46. The van der Waals surface area contributed by atoms with Gasteiger partial charge >= 0.3 is 6.03 Å². The molecule has 2 amide bonds. The van der Waals surface area contributed by atoms with Crippen LogP contribution in [0.3, 0.4) is 0 Å². The topological polar surface area (TPSA) is 54.5 Å². The first kappa shape index (κ1) is 21.9. The maximum Gasteiger partial charge on any atom is 0.322 e. The summed E-state index contributed by atoms with van der Waals surface area (Å²) in [6, 6.07) is 18.1. The Morgan fingerprint density at radius 2 is 1.90 bits per heavy atom. The van der Waals surface area contributed by atoms with Gasteiger partial charge in [0, 0.05) is 28.5 Å². The summed E-state index contributed by atoms with van der Waals surface area (Å²) in [6.07, 6.45) is 2.31. The van der Waals surface area contributed by atoms with Crippen molar-refractivity contribution in [3.63, 3.8) is 0 Å². The monoisotopic (exact) mass is 443 g/mol. The Morgan fingerprint density at radius 3 is 2.57 bits per heavy atom. The van der Waals surface area contributed by atoms with E-state index in [1.165, 1.54) is 0 Å². The fourth-order valence-corrected chi connectivity index (χ4v) is 3.43. The molecular weight excluding hydrogens is 421 g/mol. The Labute approximate surface area is 186 Å². The highest BCUT2D eigenvalue weighted by Crippen LogP contribution is 2.22. The van der Waals surface area contributed by atoms with E-state index < -0.39 is 0 Å². The summed E-state index contributed by atoms with van der Waals surface area (Å²) in [5, 5.41) is 4.12. The van der Waals surface area contributed by atoms with Crippen molar-refractivity contribution in [3.8, 4) is 5.75 Å². The number of carbonyl (C=O) groups excluding carboxylic acids is 1. The van der Waals surface area contributed by atoms with Crippen LogP contribution in [0.2, 0.25) is 10.0 Å². The molecule has 0 saturated carbocycles. The third-order valence-electron chi connectivity index (χ3n) is 4.45. The Hall–Kier alpha value is -2.76. The van der Waals surface area contributed by atoms with Gasteiger partial charge in [0.15, 0.2) is 0 Å². The van der Waals surface area contributed by atoms with E-state index in [9.17, 15) is 4.79 Å². The Morgan fingerprint density at radius 1 is 1.10 bits per heavy atom.